The van der Waals surface area contributed by atoms with Crippen LogP contribution in [0.4, 0.5) is 0 Å². The van der Waals surface area contributed by atoms with Crippen molar-refractivity contribution >= 4 is 43.5 Å². The van der Waals surface area contributed by atoms with Gasteiger partial charge in [-0.15, -0.1) is 11.6 Å². The van der Waals surface area contributed by atoms with Gasteiger partial charge in [0.25, 0.3) is 0 Å². The topological polar surface area (TPSA) is 20.2 Å². The number of alkyl halides is 3. The van der Waals surface area contributed by atoms with Gasteiger partial charge < -0.3 is 5.11 Å². The minimum absolute atomic E-state index is 0.109. The van der Waals surface area contributed by atoms with E-state index >= 15 is 0 Å². The quantitative estimate of drug-likeness (QED) is 0.435. The molecule has 1 fully saturated rings. The molecule has 1 unspecified atom stereocenters. The van der Waals surface area contributed by atoms with Gasteiger partial charge in [-0.2, -0.15) is 0 Å². The highest BCUT2D eigenvalue weighted by molar-refractivity contribution is 9.09. The lowest BCUT2D eigenvalue weighted by atomic mass is 9.62. The molecule has 2 aliphatic carbocycles. The molecule has 0 spiro atoms. The largest absolute Gasteiger partial charge is 0.388 e. The average Bonchev–Trinajstić information content (AvgIpc) is 2.42. The van der Waals surface area contributed by atoms with E-state index in [9.17, 15) is 5.11 Å². The number of aliphatic hydroxyl groups excluding tert-OH is 1. The number of halogens is 3. The molecule has 0 radical (unpaired) electrons. The van der Waals surface area contributed by atoms with Crippen LogP contribution in [0.25, 0.3) is 0 Å². The summed E-state index contributed by atoms with van der Waals surface area (Å²) in [6.45, 7) is 8.78. The number of rotatable bonds is 0. The first-order valence-corrected chi connectivity index (χ1v) is 9.17. The van der Waals surface area contributed by atoms with Gasteiger partial charge in [0, 0.05) is 9.65 Å². The Morgan fingerprint density at radius 3 is 2.47 bits per heavy atom. The van der Waals surface area contributed by atoms with Crippen LogP contribution in [0.15, 0.2) is 11.1 Å². The summed E-state index contributed by atoms with van der Waals surface area (Å²) in [6.07, 6.45) is 2.60. The zero-order chi connectivity index (χ0) is 14.6. The fraction of sp³-hybridized carbons (Fsp3) is 0.867. The van der Waals surface area contributed by atoms with E-state index < -0.39 is 0 Å². The monoisotopic (exact) mass is 412 g/mol. The highest BCUT2D eigenvalue weighted by atomic mass is 79.9. The van der Waals surface area contributed by atoms with E-state index in [1.165, 1.54) is 5.57 Å². The molecule has 0 amide bonds. The number of aliphatic hydroxyl groups is 1. The van der Waals surface area contributed by atoms with E-state index in [1.807, 2.05) is 0 Å². The van der Waals surface area contributed by atoms with Crippen LogP contribution >= 0.6 is 43.5 Å². The summed E-state index contributed by atoms with van der Waals surface area (Å²) in [6, 6.07) is 0. The molecular weight excluding hydrogens is 391 g/mol. The fourth-order valence-corrected chi connectivity index (χ4v) is 5.72. The molecular formula is C15H23Br2ClO. The number of allylic oxidation sites excluding steroid dienone is 1. The van der Waals surface area contributed by atoms with Gasteiger partial charge in [-0.1, -0.05) is 51.3 Å². The van der Waals surface area contributed by atoms with Crippen molar-refractivity contribution in [3.8, 4) is 0 Å². The first-order chi connectivity index (χ1) is 8.61. The zero-order valence-electron chi connectivity index (χ0n) is 12.0. The summed E-state index contributed by atoms with van der Waals surface area (Å²) in [5.41, 5.74) is 2.69. The molecule has 0 aromatic carbocycles. The normalized spacial score (nSPS) is 51.8. The molecule has 0 aromatic rings. The maximum Gasteiger partial charge on any atom is 0.0878 e. The third kappa shape index (κ3) is 2.58. The van der Waals surface area contributed by atoms with Crippen molar-refractivity contribution in [2.45, 2.75) is 67.6 Å². The Bertz CT molecular complexity index is 407. The molecule has 110 valence electrons. The SMILES string of the molecule is CC1=C2CC[C@](C)(Cl)[C@@H](Br)C[C@]2(C)[C@@H](C)[C@@H](Br)C1O. The van der Waals surface area contributed by atoms with Gasteiger partial charge in [-0.3, -0.25) is 0 Å². The molecule has 0 aliphatic heterocycles. The molecule has 1 N–H and O–H groups in total. The van der Waals surface area contributed by atoms with Crippen LogP contribution in [0, 0.1) is 11.3 Å². The van der Waals surface area contributed by atoms with Gasteiger partial charge in [0.05, 0.1) is 11.0 Å². The maximum atomic E-state index is 10.4. The molecule has 2 aliphatic rings. The molecule has 0 saturated heterocycles. The van der Waals surface area contributed by atoms with Gasteiger partial charge in [-0.25, -0.2) is 0 Å². The lowest BCUT2D eigenvalue weighted by Crippen LogP contribution is -2.46. The van der Waals surface area contributed by atoms with Crippen LogP contribution in [-0.2, 0) is 0 Å². The van der Waals surface area contributed by atoms with E-state index in [-0.39, 0.29) is 21.2 Å². The van der Waals surface area contributed by atoms with Crippen LogP contribution in [0.3, 0.4) is 0 Å². The second-order valence-corrected chi connectivity index (χ2v) is 9.73. The van der Waals surface area contributed by atoms with Gasteiger partial charge in [0.1, 0.15) is 0 Å². The highest BCUT2D eigenvalue weighted by Crippen LogP contribution is 2.56. The lowest BCUT2D eigenvalue weighted by Gasteiger charge is -2.47. The standard InChI is InChI=1S/C15H23Br2ClO/c1-8-10-5-6-15(4,18)11(16)7-14(10,3)9(2)12(17)13(8)19/h9,11-13,19H,5-7H2,1-4H3/t9-,11-,12+,13?,14+,15-/m0/s1. The Labute approximate surface area is 138 Å². The van der Waals surface area contributed by atoms with E-state index in [1.54, 1.807) is 0 Å². The molecule has 1 nitrogen and oxygen atoms in total. The van der Waals surface area contributed by atoms with Gasteiger partial charge in [0.15, 0.2) is 0 Å². The van der Waals surface area contributed by atoms with Crippen molar-refractivity contribution < 1.29 is 5.11 Å². The predicted molar refractivity (Wildman–Crippen MR) is 89.5 cm³/mol. The lowest BCUT2D eigenvalue weighted by molar-refractivity contribution is 0.114. The fourth-order valence-electron chi connectivity index (χ4n) is 3.67. The summed E-state index contributed by atoms with van der Waals surface area (Å²) in [5.74, 6) is 0.395. The Kier molecular flexibility index (Phi) is 4.55. The summed E-state index contributed by atoms with van der Waals surface area (Å²) in [5, 5.41) is 10.4. The van der Waals surface area contributed by atoms with Crippen LogP contribution in [-0.4, -0.2) is 25.7 Å². The van der Waals surface area contributed by atoms with Crippen LogP contribution in [0.1, 0.15) is 47.0 Å². The van der Waals surface area contributed by atoms with Gasteiger partial charge in [0.2, 0.25) is 0 Å². The van der Waals surface area contributed by atoms with Crippen LogP contribution < -0.4 is 0 Å². The Morgan fingerprint density at radius 2 is 1.89 bits per heavy atom. The molecule has 6 atom stereocenters. The van der Waals surface area contributed by atoms with Crippen molar-refractivity contribution in [3.63, 3.8) is 0 Å². The second kappa shape index (κ2) is 5.30. The molecule has 2 rings (SSSR count). The number of fused-ring (bicyclic) bond motifs is 1. The second-order valence-electron chi connectivity index (χ2n) is 6.71. The van der Waals surface area contributed by atoms with E-state index in [4.69, 9.17) is 11.6 Å². The maximum absolute atomic E-state index is 10.4. The highest BCUT2D eigenvalue weighted by Gasteiger charge is 2.51. The summed E-state index contributed by atoms with van der Waals surface area (Å²) >= 11 is 14.2. The van der Waals surface area contributed by atoms with Crippen molar-refractivity contribution in [3.05, 3.63) is 11.1 Å². The number of hydrogen-bond donors (Lipinski definition) is 1. The van der Waals surface area contributed by atoms with Gasteiger partial charge in [-0.05, 0) is 50.0 Å². The molecule has 19 heavy (non-hydrogen) atoms. The van der Waals surface area contributed by atoms with Gasteiger partial charge >= 0.3 is 0 Å². The van der Waals surface area contributed by atoms with E-state index in [0.29, 0.717) is 10.7 Å². The van der Waals surface area contributed by atoms with Crippen LogP contribution in [0.5, 0.6) is 0 Å². The van der Waals surface area contributed by atoms with Crippen molar-refractivity contribution in [1.82, 2.24) is 0 Å². The Hall–Kier alpha value is 0.950. The first-order valence-electron chi connectivity index (χ1n) is 6.96. The summed E-state index contributed by atoms with van der Waals surface area (Å²) < 4.78 is 0. The number of hydrogen-bond acceptors (Lipinski definition) is 1. The first kappa shape index (κ1) is 16.3. The Morgan fingerprint density at radius 1 is 1.32 bits per heavy atom. The molecule has 4 heteroatoms. The van der Waals surface area contributed by atoms with E-state index in [2.05, 4.69) is 59.6 Å². The summed E-state index contributed by atoms with van der Waals surface area (Å²) in [4.78, 5) is 0.218. The molecule has 1 saturated carbocycles. The molecule has 0 bridgehead atoms. The summed E-state index contributed by atoms with van der Waals surface area (Å²) in [7, 11) is 0. The minimum atomic E-state index is -0.369. The van der Waals surface area contributed by atoms with Crippen molar-refractivity contribution in [2.24, 2.45) is 11.3 Å². The average molecular weight is 415 g/mol. The zero-order valence-corrected chi connectivity index (χ0v) is 15.9. The van der Waals surface area contributed by atoms with Crippen molar-refractivity contribution in [2.75, 3.05) is 0 Å². The third-order valence-corrected chi connectivity index (χ3v) is 8.86. The van der Waals surface area contributed by atoms with E-state index in [0.717, 1.165) is 24.8 Å². The predicted octanol–water partition coefficient (Wildman–Crippen LogP) is 5.03. The van der Waals surface area contributed by atoms with Crippen LogP contribution in [0.2, 0.25) is 0 Å². The smallest absolute Gasteiger partial charge is 0.0878 e. The third-order valence-electron chi connectivity index (χ3n) is 5.51. The Balaban J connectivity index is 2.51. The molecule has 0 heterocycles. The van der Waals surface area contributed by atoms with Crippen molar-refractivity contribution in [1.29, 1.82) is 0 Å². The minimum Gasteiger partial charge on any atom is -0.388 e. The molecule has 0 aromatic heterocycles.